The lowest BCUT2D eigenvalue weighted by Gasteiger charge is -2.07. The zero-order valence-electron chi connectivity index (χ0n) is 12.1. The minimum atomic E-state index is -0.340. The summed E-state index contributed by atoms with van der Waals surface area (Å²) in [5, 5.41) is 39.2. The van der Waals surface area contributed by atoms with Gasteiger partial charge in [0, 0.05) is 0 Å². The Bertz CT molecular complexity index is 562. The smallest absolute Gasteiger partial charge is 0.233 e. The SMILES string of the molecule is CC(=NNC(=N)NO)c1cccc(C(C)=NNC(=N)NO)c1. The number of rotatable bonds is 4. The van der Waals surface area contributed by atoms with Crippen molar-refractivity contribution in [3.8, 4) is 0 Å². The Morgan fingerprint density at radius 3 is 1.68 bits per heavy atom. The van der Waals surface area contributed by atoms with Crippen molar-refractivity contribution in [2.45, 2.75) is 13.8 Å². The maximum atomic E-state index is 8.49. The average molecular weight is 306 g/mol. The average Bonchev–Trinajstić information content (AvgIpc) is 2.56. The monoisotopic (exact) mass is 306 g/mol. The molecule has 0 unspecified atom stereocenters. The molecular weight excluding hydrogens is 288 g/mol. The largest absolute Gasteiger partial charge is 0.288 e. The summed E-state index contributed by atoms with van der Waals surface area (Å²) in [4.78, 5) is 0. The van der Waals surface area contributed by atoms with E-state index in [1.165, 1.54) is 0 Å². The molecule has 0 aliphatic carbocycles. The molecule has 1 rings (SSSR count). The lowest BCUT2D eigenvalue weighted by Crippen LogP contribution is -2.31. The van der Waals surface area contributed by atoms with E-state index < -0.39 is 0 Å². The molecule has 0 fully saturated rings. The maximum absolute atomic E-state index is 8.49. The molecule has 0 bridgehead atoms. The molecule has 0 saturated carbocycles. The molecule has 1 aromatic carbocycles. The Balaban J connectivity index is 2.89. The third kappa shape index (κ3) is 5.19. The molecule has 0 amide bonds. The predicted molar refractivity (Wildman–Crippen MR) is 82.4 cm³/mol. The minimum absolute atomic E-state index is 0.340. The first kappa shape index (κ1) is 17.1. The highest BCUT2D eigenvalue weighted by Gasteiger charge is 2.03. The van der Waals surface area contributed by atoms with Crippen LogP contribution in [0.15, 0.2) is 34.5 Å². The van der Waals surface area contributed by atoms with E-state index in [4.69, 9.17) is 21.2 Å². The van der Waals surface area contributed by atoms with Gasteiger partial charge in [-0.2, -0.15) is 10.2 Å². The van der Waals surface area contributed by atoms with Crippen LogP contribution in [0.4, 0.5) is 0 Å². The summed E-state index contributed by atoms with van der Waals surface area (Å²) >= 11 is 0. The second-order valence-electron chi connectivity index (χ2n) is 4.17. The quantitative estimate of drug-likeness (QED) is 0.224. The number of nitrogens with one attached hydrogen (secondary N) is 6. The molecule has 0 saturated heterocycles. The summed E-state index contributed by atoms with van der Waals surface area (Å²) in [5.41, 5.74) is 10.7. The highest BCUT2D eigenvalue weighted by molar-refractivity contribution is 6.04. The number of hydrogen-bond acceptors (Lipinski definition) is 6. The third-order valence-corrected chi connectivity index (χ3v) is 2.59. The van der Waals surface area contributed by atoms with Gasteiger partial charge in [-0.25, -0.2) is 21.8 Å². The first-order chi connectivity index (χ1) is 10.5. The van der Waals surface area contributed by atoms with Crippen molar-refractivity contribution >= 4 is 23.3 Å². The van der Waals surface area contributed by atoms with Crippen LogP contribution in [0, 0.1) is 10.8 Å². The van der Waals surface area contributed by atoms with E-state index >= 15 is 0 Å². The minimum Gasteiger partial charge on any atom is -0.288 e. The van der Waals surface area contributed by atoms with Crippen LogP contribution in [0.5, 0.6) is 0 Å². The molecule has 0 aromatic heterocycles. The van der Waals surface area contributed by atoms with Gasteiger partial charge in [0.15, 0.2) is 0 Å². The highest BCUT2D eigenvalue weighted by Crippen LogP contribution is 2.07. The number of hydrogen-bond donors (Lipinski definition) is 8. The first-order valence-corrected chi connectivity index (χ1v) is 6.16. The number of nitrogens with zero attached hydrogens (tertiary/aromatic N) is 2. The molecular formula is C12H18N8O2. The molecule has 0 aliphatic rings. The summed E-state index contributed by atoms with van der Waals surface area (Å²) in [6, 6.07) is 7.30. The van der Waals surface area contributed by atoms with Crippen LogP contribution in [0.2, 0.25) is 0 Å². The third-order valence-electron chi connectivity index (χ3n) is 2.59. The number of hydrazone groups is 2. The van der Waals surface area contributed by atoms with Crippen molar-refractivity contribution in [2.24, 2.45) is 10.2 Å². The van der Waals surface area contributed by atoms with Gasteiger partial charge in [0.2, 0.25) is 11.9 Å². The molecule has 118 valence electrons. The van der Waals surface area contributed by atoms with Crippen LogP contribution in [0.3, 0.4) is 0 Å². The van der Waals surface area contributed by atoms with Crippen molar-refractivity contribution < 1.29 is 10.4 Å². The summed E-state index contributed by atoms with van der Waals surface area (Å²) in [7, 11) is 0. The Labute approximate surface area is 126 Å². The topological polar surface area (TPSA) is 161 Å². The first-order valence-electron chi connectivity index (χ1n) is 6.16. The van der Waals surface area contributed by atoms with Crippen LogP contribution < -0.4 is 21.8 Å². The maximum Gasteiger partial charge on any atom is 0.233 e. The fourth-order valence-corrected chi connectivity index (χ4v) is 1.43. The van der Waals surface area contributed by atoms with E-state index in [9.17, 15) is 0 Å². The van der Waals surface area contributed by atoms with Gasteiger partial charge in [-0.05, 0) is 31.0 Å². The van der Waals surface area contributed by atoms with E-state index in [1.807, 2.05) is 24.3 Å². The molecule has 1 aromatic rings. The summed E-state index contributed by atoms with van der Waals surface area (Å²) in [6.45, 7) is 3.49. The van der Waals surface area contributed by atoms with Gasteiger partial charge in [-0.1, -0.05) is 18.2 Å². The van der Waals surface area contributed by atoms with Crippen molar-refractivity contribution in [2.75, 3.05) is 0 Å². The van der Waals surface area contributed by atoms with Crippen LogP contribution in [0.1, 0.15) is 25.0 Å². The van der Waals surface area contributed by atoms with Crippen molar-refractivity contribution in [1.29, 1.82) is 10.8 Å². The van der Waals surface area contributed by atoms with Gasteiger partial charge in [-0.15, -0.1) is 0 Å². The lowest BCUT2D eigenvalue weighted by atomic mass is 10.1. The van der Waals surface area contributed by atoms with Gasteiger partial charge in [-0.3, -0.25) is 21.2 Å². The Morgan fingerprint density at radius 1 is 0.909 bits per heavy atom. The molecule has 10 nitrogen and oxygen atoms in total. The van der Waals surface area contributed by atoms with E-state index in [0.29, 0.717) is 11.4 Å². The van der Waals surface area contributed by atoms with Crippen molar-refractivity contribution in [3.05, 3.63) is 35.4 Å². The van der Waals surface area contributed by atoms with Crippen LogP contribution in [0.25, 0.3) is 0 Å². The fourth-order valence-electron chi connectivity index (χ4n) is 1.43. The summed E-state index contributed by atoms with van der Waals surface area (Å²) < 4.78 is 0. The van der Waals surface area contributed by atoms with Crippen LogP contribution in [-0.2, 0) is 0 Å². The normalized spacial score (nSPS) is 11.6. The van der Waals surface area contributed by atoms with E-state index in [2.05, 4.69) is 21.1 Å². The van der Waals surface area contributed by atoms with Gasteiger partial charge < -0.3 is 0 Å². The van der Waals surface area contributed by atoms with Gasteiger partial charge in [0.25, 0.3) is 0 Å². The van der Waals surface area contributed by atoms with Crippen molar-refractivity contribution in [3.63, 3.8) is 0 Å². The molecule has 0 spiro atoms. The second kappa shape index (κ2) is 8.34. The molecule has 0 radical (unpaired) electrons. The number of benzene rings is 1. The molecule has 22 heavy (non-hydrogen) atoms. The lowest BCUT2D eigenvalue weighted by molar-refractivity contribution is 0.228. The number of hydroxylamine groups is 2. The number of guanidine groups is 2. The summed E-state index contributed by atoms with van der Waals surface area (Å²) in [6.07, 6.45) is 0. The highest BCUT2D eigenvalue weighted by atomic mass is 16.5. The van der Waals surface area contributed by atoms with Crippen molar-refractivity contribution in [1.82, 2.24) is 21.8 Å². The zero-order valence-corrected chi connectivity index (χ0v) is 12.1. The van der Waals surface area contributed by atoms with Gasteiger partial charge in [0.1, 0.15) is 0 Å². The summed E-state index contributed by atoms with van der Waals surface area (Å²) in [5.74, 6) is -0.681. The predicted octanol–water partition coefficient (Wildman–Crippen LogP) is 0.141. The van der Waals surface area contributed by atoms with Crippen LogP contribution >= 0.6 is 0 Å². The molecule has 8 N–H and O–H groups in total. The van der Waals surface area contributed by atoms with Gasteiger partial charge in [0.05, 0.1) is 11.4 Å². The van der Waals surface area contributed by atoms with E-state index in [1.54, 1.807) is 24.8 Å². The molecule has 10 heteroatoms. The fraction of sp³-hybridized carbons (Fsp3) is 0.167. The Hall–Kier alpha value is -2.98. The van der Waals surface area contributed by atoms with Gasteiger partial charge >= 0.3 is 0 Å². The van der Waals surface area contributed by atoms with E-state index in [-0.39, 0.29) is 11.9 Å². The Kier molecular flexibility index (Phi) is 6.47. The standard InChI is InChI=1S/C12H18N8O2/c1-7(15-17-11(13)19-21)9-4-3-5-10(6-9)8(2)16-18-12(14)20-22/h3-6,21-22H,1-2H3,(H3,13,17,19)(H3,14,18,20). The Morgan fingerprint density at radius 2 is 1.32 bits per heavy atom. The molecule has 0 heterocycles. The van der Waals surface area contributed by atoms with Crippen LogP contribution in [-0.4, -0.2) is 33.8 Å². The zero-order chi connectivity index (χ0) is 16.5. The van der Waals surface area contributed by atoms with E-state index in [0.717, 1.165) is 11.1 Å². The second-order valence-corrected chi connectivity index (χ2v) is 4.17. The molecule has 0 atom stereocenters. The molecule has 0 aliphatic heterocycles.